The second kappa shape index (κ2) is 3.89. The third kappa shape index (κ3) is 2.10. The fourth-order valence-corrected chi connectivity index (χ4v) is 3.68. The van der Waals surface area contributed by atoms with Gasteiger partial charge in [-0.25, -0.2) is 4.79 Å². The van der Waals surface area contributed by atoms with Crippen molar-refractivity contribution in [2.75, 3.05) is 18.4 Å². The largest absolute Gasteiger partial charge is 0.388 e. The number of amides is 2. The molecule has 0 unspecified atom stereocenters. The van der Waals surface area contributed by atoms with Crippen LogP contribution in [0.25, 0.3) is 0 Å². The summed E-state index contributed by atoms with van der Waals surface area (Å²) in [5.41, 5.74) is -0.615. The molecule has 2 aliphatic carbocycles. The molecular formula is C12H16N4O2S. The predicted octanol–water partition coefficient (Wildman–Crippen LogP) is 1.40. The van der Waals surface area contributed by atoms with Crippen LogP contribution in [0.4, 0.5) is 9.93 Å². The second-order valence-electron chi connectivity index (χ2n) is 5.86. The van der Waals surface area contributed by atoms with Gasteiger partial charge in [-0.1, -0.05) is 11.3 Å². The Hall–Kier alpha value is -1.21. The van der Waals surface area contributed by atoms with Gasteiger partial charge in [0, 0.05) is 12.5 Å². The zero-order valence-electron chi connectivity index (χ0n) is 10.5. The molecule has 2 saturated carbocycles. The van der Waals surface area contributed by atoms with Crippen LogP contribution in [-0.2, 0) is 0 Å². The Morgan fingerprint density at radius 1 is 1.42 bits per heavy atom. The molecule has 7 heteroatoms. The van der Waals surface area contributed by atoms with Crippen molar-refractivity contribution >= 4 is 22.5 Å². The molecule has 102 valence electrons. The monoisotopic (exact) mass is 280 g/mol. The fourth-order valence-electron chi connectivity index (χ4n) is 2.78. The van der Waals surface area contributed by atoms with E-state index in [1.54, 1.807) is 4.90 Å². The van der Waals surface area contributed by atoms with Gasteiger partial charge >= 0.3 is 6.03 Å². The van der Waals surface area contributed by atoms with E-state index in [-0.39, 0.29) is 6.03 Å². The number of piperidine rings is 1. The van der Waals surface area contributed by atoms with Gasteiger partial charge in [-0.05, 0) is 31.6 Å². The molecule has 3 aliphatic rings. The van der Waals surface area contributed by atoms with E-state index in [0.29, 0.717) is 30.1 Å². The lowest BCUT2D eigenvalue weighted by molar-refractivity contribution is 0.0672. The highest BCUT2D eigenvalue weighted by Crippen LogP contribution is 2.49. The topological polar surface area (TPSA) is 78.4 Å². The van der Waals surface area contributed by atoms with E-state index >= 15 is 0 Å². The normalized spacial score (nSPS) is 32.9. The number of aliphatic hydroxyl groups is 1. The minimum Gasteiger partial charge on any atom is -0.388 e. The van der Waals surface area contributed by atoms with Crippen LogP contribution >= 0.6 is 11.3 Å². The first kappa shape index (κ1) is 11.6. The number of nitrogens with one attached hydrogen (secondary N) is 1. The van der Waals surface area contributed by atoms with Gasteiger partial charge < -0.3 is 10.0 Å². The Morgan fingerprint density at radius 2 is 2.26 bits per heavy atom. The van der Waals surface area contributed by atoms with E-state index in [9.17, 15) is 9.90 Å². The molecule has 1 aliphatic heterocycles. The molecule has 2 N–H and O–H groups in total. The molecule has 1 aromatic heterocycles. The summed E-state index contributed by atoms with van der Waals surface area (Å²) in [6.07, 6.45) is 4.10. The van der Waals surface area contributed by atoms with Crippen molar-refractivity contribution in [2.45, 2.75) is 37.2 Å². The van der Waals surface area contributed by atoms with Crippen LogP contribution in [0.1, 0.15) is 36.6 Å². The summed E-state index contributed by atoms with van der Waals surface area (Å²) in [5.74, 6) is 0.964. The molecule has 0 bridgehead atoms. The van der Waals surface area contributed by atoms with Crippen LogP contribution in [0, 0.1) is 5.92 Å². The van der Waals surface area contributed by atoms with Crippen LogP contribution in [0.5, 0.6) is 0 Å². The molecule has 2 amide bonds. The van der Waals surface area contributed by atoms with Crippen molar-refractivity contribution in [1.29, 1.82) is 0 Å². The second-order valence-corrected chi connectivity index (χ2v) is 6.87. The van der Waals surface area contributed by atoms with Crippen LogP contribution < -0.4 is 5.32 Å². The highest BCUT2D eigenvalue weighted by atomic mass is 32.1. The van der Waals surface area contributed by atoms with E-state index in [2.05, 4.69) is 15.5 Å². The number of likely N-dealkylation sites (tertiary alicyclic amines) is 1. The summed E-state index contributed by atoms with van der Waals surface area (Å²) in [7, 11) is 0. The molecule has 1 aromatic rings. The minimum absolute atomic E-state index is 0.169. The minimum atomic E-state index is -0.615. The number of carbonyl (C=O) groups is 1. The number of anilines is 1. The molecular weight excluding hydrogens is 264 g/mol. The van der Waals surface area contributed by atoms with Crippen LogP contribution in [0.2, 0.25) is 0 Å². The summed E-state index contributed by atoms with van der Waals surface area (Å²) in [6, 6.07) is -0.169. The van der Waals surface area contributed by atoms with Gasteiger partial charge in [0.2, 0.25) is 5.13 Å². The SMILES string of the molecule is O=C(Nc1nnc(C2CC2)s1)N1CC[C@@H]2C[C@]2(O)C1. The van der Waals surface area contributed by atoms with Gasteiger partial charge in [-0.15, -0.1) is 10.2 Å². The number of nitrogens with zero attached hydrogens (tertiary/aromatic N) is 3. The average molecular weight is 280 g/mol. The summed E-state index contributed by atoms with van der Waals surface area (Å²) in [5, 5.41) is 22.6. The number of fused-ring (bicyclic) bond motifs is 1. The van der Waals surface area contributed by atoms with Crippen molar-refractivity contribution in [3.63, 3.8) is 0 Å². The van der Waals surface area contributed by atoms with E-state index in [1.807, 2.05) is 0 Å². The lowest BCUT2D eigenvalue weighted by Gasteiger charge is -2.29. The van der Waals surface area contributed by atoms with Crippen molar-refractivity contribution in [2.24, 2.45) is 5.92 Å². The fraction of sp³-hybridized carbons (Fsp3) is 0.750. The standard InChI is InChI=1S/C12H16N4O2S/c17-11(16-4-3-8-5-12(8,18)6-16)13-10-15-14-9(19-10)7-1-2-7/h7-8,18H,1-6H2,(H,13,15,17)/t8-,12+/m1/s1. The first-order valence-corrected chi connectivity index (χ1v) is 7.57. The van der Waals surface area contributed by atoms with E-state index in [4.69, 9.17) is 0 Å². The molecule has 4 rings (SSSR count). The molecule has 0 spiro atoms. The highest BCUT2D eigenvalue weighted by molar-refractivity contribution is 7.15. The van der Waals surface area contributed by atoms with Crippen LogP contribution in [-0.4, -0.2) is 44.9 Å². The number of carbonyl (C=O) groups excluding carboxylic acids is 1. The first-order chi connectivity index (χ1) is 9.14. The quantitative estimate of drug-likeness (QED) is 0.858. The number of β-amino-alcohol motifs (C(OH)–C–C–N with tert-alkyl or cyclic N) is 1. The molecule has 6 nitrogen and oxygen atoms in total. The highest BCUT2D eigenvalue weighted by Gasteiger charge is 2.56. The molecule has 2 atom stereocenters. The van der Waals surface area contributed by atoms with E-state index in [1.165, 1.54) is 24.2 Å². The van der Waals surface area contributed by atoms with E-state index in [0.717, 1.165) is 17.8 Å². The first-order valence-electron chi connectivity index (χ1n) is 6.76. The van der Waals surface area contributed by atoms with Gasteiger partial charge in [0.25, 0.3) is 0 Å². The van der Waals surface area contributed by atoms with Gasteiger partial charge in [0.05, 0.1) is 12.1 Å². The van der Waals surface area contributed by atoms with Crippen LogP contribution in [0.3, 0.4) is 0 Å². The summed E-state index contributed by atoms with van der Waals surface area (Å²) in [4.78, 5) is 13.8. The van der Waals surface area contributed by atoms with E-state index < -0.39 is 5.60 Å². The molecule has 3 fully saturated rings. The number of hydrogen-bond donors (Lipinski definition) is 2. The Bertz CT molecular complexity index is 530. The predicted molar refractivity (Wildman–Crippen MR) is 70.1 cm³/mol. The Labute approximate surface area is 114 Å². The molecule has 0 radical (unpaired) electrons. The maximum atomic E-state index is 12.1. The molecule has 1 saturated heterocycles. The molecule has 19 heavy (non-hydrogen) atoms. The summed E-state index contributed by atoms with van der Waals surface area (Å²) in [6.45, 7) is 1.16. The third-order valence-corrected chi connectivity index (χ3v) is 5.28. The van der Waals surface area contributed by atoms with Gasteiger partial charge in [-0.3, -0.25) is 5.32 Å². The zero-order chi connectivity index (χ0) is 13.0. The van der Waals surface area contributed by atoms with Gasteiger partial charge in [0.15, 0.2) is 0 Å². The number of rotatable bonds is 2. The van der Waals surface area contributed by atoms with Gasteiger partial charge in [-0.2, -0.15) is 0 Å². The maximum Gasteiger partial charge on any atom is 0.323 e. The lowest BCUT2D eigenvalue weighted by atomic mass is 10.1. The molecule has 0 aromatic carbocycles. The smallest absolute Gasteiger partial charge is 0.323 e. The van der Waals surface area contributed by atoms with Crippen molar-refractivity contribution < 1.29 is 9.90 Å². The number of hydrogen-bond acceptors (Lipinski definition) is 5. The Morgan fingerprint density at radius 3 is 3.00 bits per heavy atom. The number of aromatic nitrogens is 2. The van der Waals surface area contributed by atoms with Crippen molar-refractivity contribution in [1.82, 2.24) is 15.1 Å². The van der Waals surface area contributed by atoms with Crippen LogP contribution in [0.15, 0.2) is 0 Å². The van der Waals surface area contributed by atoms with Gasteiger partial charge in [0.1, 0.15) is 5.01 Å². The van der Waals surface area contributed by atoms with Crippen molar-refractivity contribution in [3.8, 4) is 0 Å². The summed E-state index contributed by atoms with van der Waals surface area (Å²) >= 11 is 1.46. The maximum absolute atomic E-state index is 12.1. The third-order valence-electron chi connectivity index (χ3n) is 4.28. The van der Waals surface area contributed by atoms with Crippen molar-refractivity contribution in [3.05, 3.63) is 5.01 Å². The molecule has 2 heterocycles. The Kier molecular flexibility index (Phi) is 2.38. The number of urea groups is 1. The zero-order valence-corrected chi connectivity index (χ0v) is 11.3. The average Bonchev–Trinajstić information content (AvgIpc) is 3.28. The Balaban J connectivity index is 1.39. The summed E-state index contributed by atoms with van der Waals surface area (Å²) < 4.78 is 0. The lowest BCUT2D eigenvalue weighted by Crippen LogP contribution is -2.45.